The van der Waals surface area contributed by atoms with Crippen LogP contribution in [0.2, 0.25) is 0 Å². The molecule has 124 valence electrons. The summed E-state index contributed by atoms with van der Waals surface area (Å²) in [6.07, 6.45) is 0.577. The van der Waals surface area contributed by atoms with Gasteiger partial charge < -0.3 is 9.47 Å². The Kier molecular flexibility index (Phi) is 4.33. The van der Waals surface area contributed by atoms with Gasteiger partial charge in [-0.3, -0.25) is 0 Å². The Hall–Kier alpha value is -1.61. The van der Waals surface area contributed by atoms with Crippen LogP contribution in [0.1, 0.15) is 22.0 Å². The molecule has 0 saturated heterocycles. The van der Waals surface area contributed by atoms with Crippen molar-refractivity contribution in [3.05, 3.63) is 45.6 Å². The highest BCUT2D eigenvalue weighted by molar-refractivity contribution is 7.86. The van der Waals surface area contributed by atoms with Gasteiger partial charge in [0, 0.05) is 11.4 Å². The summed E-state index contributed by atoms with van der Waals surface area (Å²) in [5, 5.41) is 7.36. The number of ether oxygens (including phenoxy) is 2. The number of fused-ring (bicyclic) bond motifs is 1. The van der Waals surface area contributed by atoms with E-state index < -0.39 is 16.3 Å². The normalized spacial score (nSPS) is 18.5. The van der Waals surface area contributed by atoms with E-state index in [2.05, 4.69) is 0 Å². The quantitative estimate of drug-likeness (QED) is 0.909. The van der Waals surface area contributed by atoms with Crippen molar-refractivity contribution in [3.63, 3.8) is 0 Å². The van der Waals surface area contributed by atoms with Gasteiger partial charge in [0.1, 0.15) is 0 Å². The van der Waals surface area contributed by atoms with Gasteiger partial charge in [-0.25, -0.2) is 5.14 Å². The maximum atomic E-state index is 12.0. The molecule has 1 aliphatic rings. The smallest absolute Gasteiger partial charge is 0.277 e. The lowest BCUT2D eigenvalue weighted by atomic mass is 9.92. The summed E-state index contributed by atoms with van der Waals surface area (Å²) >= 11 is 1.50. The minimum atomic E-state index is -3.81. The second-order valence-electron chi connectivity index (χ2n) is 5.23. The average molecular weight is 354 g/mol. The van der Waals surface area contributed by atoms with Gasteiger partial charge in [0.25, 0.3) is 10.2 Å². The Morgan fingerprint density at radius 3 is 2.52 bits per heavy atom. The molecule has 3 rings (SSSR count). The van der Waals surface area contributed by atoms with E-state index >= 15 is 0 Å². The van der Waals surface area contributed by atoms with Crippen molar-refractivity contribution in [2.75, 3.05) is 20.8 Å². The number of rotatable bonds is 4. The first-order valence-corrected chi connectivity index (χ1v) is 9.41. The van der Waals surface area contributed by atoms with Gasteiger partial charge in [-0.2, -0.15) is 12.7 Å². The molecule has 0 aliphatic carbocycles. The molecule has 2 N–H and O–H groups in total. The van der Waals surface area contributed by atoms with E-state index in [4.69, 9.17) is 14.6 Å². The summed E-state index contributed by atoms with van der Waals surface area (Å²) in [6.45, 7) is 0.337. The third-order valence-electron chi connectivity index (χ3n) is 3.97. The maximum Gasteiger partial charge on any atom is 0.277 e. The molecule has 1 atom stereocenters. The van der Waals surface area contributed by atoms with E-state index in [1.807, 2.05) is 29.6 Å². The lowest BCUT2D eigenvalue weighted by molar-refractivity contribution is 0.334. The summed E-state index contributed by atoms with van der Waals surface area (Å²) in [4.78, 5) is 0.923. The molecule has 0 bridgehead atoms. The van der Waals surface area contributed by atoms with Crippen molar-refractivity contribution < 1.29 is 17.9 Å². The molecule has 0 saturated carbocycles. The third kappa shape index (κ3) is 2.94. The largest absolute Gasteiger partial charge is 0.493 e. The monoisotopic (exact) mass is 354 g/mol. The SMILES string of the molecule is COc1cc2c(cc1OC)C(c1cccs1)N(S(N)(=O)=O)CC2. The van der Waals surface area contributed by atoms with Gasteiger partial charge in [0.2, 0.25) is 0 Å². The standard InChI is InChI=1S/C15H18N2O4S2/c1-20-12-8-10-5-6-17(23(16,18)19)15(14-4-3-7-22-14)11(10)9-13(12)21-2/h3-4,7-9,15H,5-6H2,1-2H3,(H2,16,18,19). The van der Waals surface area contributed by atoms with E-state index in [0.717, 1.165) is 16.0 Å². The topological polar surface area (TPSA) is 81.9 Å². The van der Waals surface area contributed by atoms with Gasteiger partial charge in [-0.05, 0) is 41.1 Å². The highest BCUT2D eigenvalue weighted by Gasteiger charge is 2.36. The van der Waals surface area contributed by atoms with Gasteiger partial charge >= 0.3 is 0 Å². The molecule has 23 heavy (non-hydrogen) atoms. The molecule has 0 fully saturated rings. The molecule has 6 nitrogen and oxygen atoms in total. The molecule has 2 heterocycles. The van der Waals surface area contributed by atoms with Crippen molar-refractivity contribution >= 4 is 21.5 Å². The zero-order chi connectivity index (χ0) is 16.6. The van der Waals surface area contributed by atoms with Crippen molar-refractivity contribution in [1.29, 1.82) is 0 Å². The van der Waals surface area contributed by atoms with Crippen LogP contribution in [0, 0.1) is 0 Å². The predicted octanol–water partition coefficient (Wildman–Crippen LogP) is 1.92. The summed E-state index contributed by atoms with van der Waals surface area (Å²) in [6, 6.07) is 7.13. The highest BCUT2D eigenvalue weighted by Crippen LogP contribution is 2.42. The molecule has 1 aromatic heterocycles. The zero-order valence-corrected chi connectivity index (χ0v) is 14.5. The number of nitrogens with two attached hydrogens (primary N) is 1. The van der Waals surface area contributed by atoms with Crippen molar-refractivity contribution in [1.82, 2.24) is 4.31 Å². The van der Waals surface area contributed by atoms with Crippen LogP contribution in [-0.2, 0) is 16.6 Å². The molecular formula is C15H18N2O4S2. The number of hydrogen-bond donors (Lipinski definition) is 1. The lowest BCUT2D eigenvalue weighted by Crippen LogP contribution is -2.43. The molecule has 1 aliphatic heterocycles. The van der Waals surface area contributed by atoms with Crippen LogP contribution >= 0.6 is 11.3 Å². The van der Waals surface area contributed by atoms with Gasteiger partial charge in [-0.15, -0.1) is 11.3 Å². The summed E-state index contributed by atoms with van der Waals surface area (Å²) in [7, 11) is -0.667. The molecular weight excluding hydrogens is 336 g/mol. The van der Waals surface area contributed by atoms with E-state index in [1.54, 1.807) is 14.2 Å². The third-order valence-corrected chi connectivity index (χ3v) is 5.94. The Bertz CT molecular complexity index is 803. The Labute approximate surface area is 139 Å². The van der Waals surface area contributed by atoms with Gasteiger partial charge in [-0.1, -0.05) is 6.07 Å². The molecule has 8 heteroatoms. The maximum absolute atomic E-state index is 12.0. The van der Waals surface area contributed by atoms with Crippen LogP contribution in [-0.4, -0.2) is 33.5 Å². The number of hydrogen-bond acceptors (Lipinski definition) is 5. The van der Waals surface area contributed by atoms with Crippen molar-refractivity contribution in [2.45, 2.75) is 12.5 Å². The minimum Gasteiger partial charge on any atom is -0.493 e. The fourth-order valence-electron chi connectivity index (χ4n) is 2.94. The van der Waals surface area contributed by atoms with E-state index in [0.29, 0.717) is 24.5 Å². The lowest BCUT2D eigenvalue weighted by Gasteiger charge is -2.35. The number of benzene rings is 1. The van der Waals surface area contributed by atoms with Crippen LogP contribution in [0.15, 0.2) is 29.6 Å². The second kappa shape index (κ2) is 6.12. The number of methoxy groups -OCH3 is 2. The summed E-state index contributed by atoms with van der Waals surface area (Å²) in [5.74, 6) is 1.21. The first-order chi connectivity index (χ1) is 11.0. The van der Waals surface area contributed by atoms with Crippen molar-refractivity contribution in [2.24, 2.45) is 5.14 Å². The van der Waals surface area contributed by atoms with E-state index in [9.17, 15) is 8.42 Å². The van der Waals surface area contributed by atoms with Crippen LogP contribution in [0.3, 0.4) is 0 Å². The van der Waals surface area contributed by atoms with Gasteiger partial charge in [0.05, 0.1) is 20.3 Å². The molecule has 1 unspecified atom stereocenters. The van der Waals surface area contributed by atoms with Crippen LogP contribution in [0.5, 0.6) is 11.5 Å². The van der Waals surface area contributed by atoms with Gasteiger partial charge in [0.15, 0.2) is 11.5 Å². The molecule has 0 spiro atoms. The van der Waals surface area contributed by atoms with E-state index in [-0.39, 0.29) is 0 Å². The van der Waals surface area contributed by atoms with Crippen LogP contribution in [0.25, 0.3) is 0 Å². The van der Waals surface area contributed by atoms with E-state index in [1.165, 1.54) is 15.6 Å². The first-order valence-electron chi connectivity index (χ1n) is 7.03. The Morgan fingerprint density at radius 2 is 1.96 bits per heavy atom. The zero-order valence-electron chi connectivity index (χ0n) is 12.9. The van der Waals surface area contributed by atoms with Crippen LogP contribution < -0.4 is 14.6 Å². The highest BCUT2D eigenvalue weighted by atomic mass is 32.2. The fraction of sp³-hybridized carbons (Fsp3) is 0.333. The molecule has 1 aromatic carbocycles. The number of thiophene rings is 1. The predicted molar refractivity (Wildman–Crippen MR) is 89.2 cm³/mol. The fourth-order valence-corrected chi connectivity index (χ4v) is 4.73. The molecule has 0 amide bonds. The Morgan fingerprint density at radius 1 is 1.26 bits per heavy atom. The van der Waals surface area contributed by atoms with Crippen molar-refractivity contribution in [3.8, 4) is 11.5 Å². The minimum absolute atomic E-state index is 0.337. The average Bonchev–Trinajstić information content (AvgIpc) is 3.05. The summed E-state index contributed by atoms with van der Waals surface area (Å²) < 4.78 is 36.1. The number of nitrogens with zero attached hydrogens (tertiary/aromatic N) is 1. The first kappa shape index (κ1) is 16.3. The molecule has 2 aromatic rings. The second-order valence-corrected chi connectivity index (χ2v) is 7.71. The Balaban J connectivity index is 2.20. The van der Waals surface area contributed by atoms with Crippen LogP contribution in [0.4, 0.5) is 0 Å². The molecule has 0 radical (unpaired) electrons. The summed E-state index contributed by atoms with van der Waals surface area (Å²) in [5.41, 5.74) is 1.92.